The van der Waals surface area contributed by atoms with Crippen molar-refractivity contribution in [2.75, 3.05) is 31.1 Å². The zero-order chi connectivity index (χ0) is 17.8. The van der Waals surface area contributed by atoms with Crippen molar-refractivity contribution in [1.29, 1.82) is 0 Å². The number of pyridine rings is 1. The Balaban J connectivity index is 1.72. The molecule has 1 N–H and O–H groups in total. The molecule has 0 bridgehead atoms. The summed E-state index contributed by atoms with van der Waals surface area (Å²) in [7, 11) is 0. The van der Waals surface area contributed by atoms with Gasteiger partial charge in [0.25, 0.3) is 5.56 Å². The first-order chi connectivity index (χ1) is 12.1. The van der Waals surface area contributed by atoms with E-state index < -0.39 is 0 Å². The van der Waals surface area contributed by atoms with E-state index in [1.165, 1.54) is 6.07 Å². The number of aromatic amines is 1. The van der Waals surface area contributed by atoms with Crippen molar-refractivity contribution in [3.63, 3.8) is 0 Å². The first kappa shape index (κ1) is 17.1. The highest BCUT2D eigenvalue weighted by atomic mass is 16.2. The molecule has 0 radical (unpaired) electrons. The van der Waals surface area contributed by atoms with Crippen molar-refractivity contribution in [1.82, 2.24) is 19.9 Å². The highest BCUT2D eigenvalue weighted by molar-refractivity contribution is 5.76. The first-order valence-electron chi connectivity index (χ1n) is 8.70. The minimum Gasteiger partial charge on any atom is -0.353 e. The number of nitrogens with one attached hydrogen (secondary N) is 1. The van der Waals surface area contributed by atoms with Crippen molar-refractivity contribution < 1.29 is 4.79 Å². The lowest BCUT2D eigenvalue weighted by molar-refractivity contribution is -0.131. The predicted octanol–water partition coefficient (Wildman–Crippen LogP) is 1.45. The van der Waals surface area contributed by atoms with Crippen LogP contribution in [0.2, 0.25) is 0 Å². The number of hydrogen-bond acceptors (Lipinski definition) is 5. The van der Waals surface area contributed by atoms with E-state index in [4.69, 9.17) is 0 Å². The number of carbonyl (C=O) groups excluding carboxylic acids is 1. The van der Waals surface area contributed by atoms with E-state index in [0.717, 1.165) is 43.3 Å². The Labute approximate surface area is 146 Å². The highest BCUT2D eigenvalue weighted by Gasteiger charge is 2.20. The largest absolute Gasteiger partial charge is 0.353 e. The maximum absolute atomic E-state index is 11.7. The Morgan fingerprint density at radius 1 is 1.20 bits per heavy atom. The number of carbonyl (C=O) groups is 1. The second-order valence-corrected chi connectivity index (χ2v) is 6.07. The molecule has 0 aromatic carbocycles. The van der Waals surface area contributed by atoms with Gasteiger partial charge < -0.3 is 14.8 Å². The van der Waals surface area contributed by atoms with Crippen molar-refractivity contribution >= 4 is 11.7 Å². The van der Waals surface area contributed by atoms with E-state index in [1.54, 1.807) is 6.20 Å². The third kappa shape index (κ3) is 3.87. The fraction of sp³-hybridized carbons (Fsp3) is 0.444. The van der Waals surface area contributed by atoms with Gasteiger partial charge in [-0.3, -0.25) is 9.59 Å². The zero-order valence-electron chi connectivity index (χ0n) is 14.7. The smallest absolute Gasteiger partial charge is 0.251 e. The summed E-state index contributed by atoms with van der Waals surface area (Å²) in [6, 6.07) is 5.37. The number of piperazine rings is 1. The molecular formula is C18H23N5O2. The number of nitrogens with zero attached hydrogens (tertiary/aromatic N) is 4. The van der Waals surface area contributed by atoms with Gasteiger partial charge in [0.05, 0.1) is 0 Å². The van der Waals surface area contributed by atoms with Crippen LogP contribution in [0.4, 0.5) is 5.82 Å². The maximum Gasteiger partial charge on any atom is 0.251 e. The Morgan fingerprint density at radius 2 is 1.96 bits per heavy atom. The van der Waals surface area contributed by atoms with Gasteiger partial charge in [0.1, 0.15) is 11.6 Å². The molecule has 1 saturated heterocycles. The molecule has 25 heavy (non-hydrogen) atoms. The van der Waals surface area contributed by atoms with Crippen molar-refractivity contribution in [2.45, 2.75) is 26.7 Å². The van der Waals surface area contributed by atoms with Gasteiger partial charge in [-0.05, 0) is 18.6 Å². The van der Waals surface area contributed by atoms with Crippen LogP contribution in [0.5, 0.6) is 0 Å². The maximum atomic E-state index is 11.7. The van der Waals surface area contributed by atoms with Crippen LogP contribution in [0, 0.1) is 0 Å². The van der Waals surface area contributed by atoms with Crippen LogP contribution in [-0.2, 0) is 11.2 Å². The number of aromatic nitrogens is 3. The number of aryl methyl sites for hydroxylation is 1. The fourth-order valence-electron chi connectivity index (χ4n) is 2.95. The second-order valence-electron chi connectivity index (χ2n) is 6.07. The van der Waals surface area contributed by atoms with Crippen LogP contribution >= 0.6 is 0 Å². The van der Waals surface area contributed by atoms with Crippen LogP contribution < -0.4 is 10.5 Å². The van der Waals surface area contributed by atoms with E-state index in [2.05, 4.69) is 19.9 Å². The molecule has 0 spiro atoms. The third-order valence-electron chi connectivity index (χ3n) is 4.44. The summed E-state index contributed by atoms with van der Waals surface area (Å²) in [6.45, 7) is 6.86. The standard InChI is InChI=1S/C18H23N5O2/c1-3-14-11-16(24)21-18(20-14)13-5-6-15(19-12-13)22-7-9-23(10-8-22)17(25)4-2/h5-6,11-12H,3-4,7-10H2,1-2H3,(H,20,21,24). The van der Waals surface area contributed by atoms with Gasteiger partial charge in [0.2, 0.25) is 5.91 Å². The third-order valence-corrected chi connectivity index (χ3v) is 4.44. The SMILES string of the molecule is CCC(=O)N1CCN(c2ccc(-c3nc(CC)cc(=O)[nH]3)cn2)CC1. The molecule has 3 heterocycles. The Bertz CT molecular complexity index is 792. The topological polar surface area (TPSA) is 82.2 Å². The van der Waals surface area contributed by atoms with Crippen LogP contribution in [0.1, 0.15) is 26.0 Å². The van der Waals surface area contributed by atoms with Crippen LogP contribution in [-0.4, -0.2) is 51.9 Å². The monoisotopic (exact) mass is 341 g/mol. The second kappa shape index (κ2) is 7.46. The van der Waals surface area contributed by atoms with Gasteiger partial charge >= 0.3 is 0 Å². The van der Waals surface area contributed by atoms with Gasteiger partial charge in [-0.25, -0.2) is 9.97 Å². The van der Waals surface area contributed by atoms with Crippen molar-refractivity contribution in [3.05, 3.63) is 40.4 Å². The molecule has 0 saturated carbocycles. The molecule has 1 aliphatic rings. The first-order valence-corrected chi connectivity index (χ1v) is 8.70. The van der Waals surface area contributed by atoms with Crippen molar-refractivity contribution in [2.24, 2.45) is 0 Å². The minimum absolute atomic E-state index is 0.150. The lowest BCUT2D eigenvalue weighted by Gasteiger charge is -2.35. The minimum atomic E-state index is -0.150. The van der Waals surface area contributed by atoms with E-state index in [-0.39, 0.29) is 11.5 Å². The number of amides is 1. The van der Waals surface area contributed by atoms with Crippen LogP contribution in [0.15, 0.2) is 29.2 Å². The summed E-state index contributed by atoms with van der Waals surface area (Å²) in [5.74, 6) is 1.62. The molecule has 132 valence electrons. The molecule has 1 amide bonds. The molecule has 0 aliphatic carbocycles. The molecule has 3 rings (SSSR count). The predicted molar refractivity (Wildman–Crippen MR) is 96.6 cm³/mol. The molecule has 7 heteroatoms. The van der Waals surface area contributed by atoms with E-state index in [9.17, 15) is 9.59 Å². The summed E-state index contributed by atoms with van der Waals surface area (Å²) >= 11 is 0. The molecule has 1 fully saturated rings. The molecule has 7 nitrogen and oxygen atoms in total. The molecule has 2 aromatic heterocycles. The molecule has 1 aliphatic heterocycles. The summed E-state index contributed by atoms with van der Waals surface area (Å²) in [5.41, 5.74) is 1.40. The molecular weight excluding hydrogens is 318 g/mol. The lowest BCUT2D eigenvalue weighted by atomic mass is 10.2. The van der Waals surface area contributed by atoms with Gasteiger partial charge in [0.15, 0.2) is 0 Å². The number of hydrogen-bond donors (Lipinski definition) is 1. The van der Waals surface area contributed by atoms with Crippen LogP contribution in [0.25, 0.3) is 11.4 Å². The quantitative estimate of drug-likeness (QED) is 0.910. The van der Waals surface area contributed by atoms with Crippen LogP contribution in [0.3, 0.4) is 0 Å². The Morgan fingerprint density at radius 3 is 2.56 bits per heavy atom. The van der Waals surface area contributed by atoms with E-state index >= 15 is 0 Å². The number of rotatable bonds is 4. The van der Waals surface area contributed by atoms with E-state index in [0.29, 0.717) is 18.7 Å². The number of anilines is 1. The Hall–Kier alpha value is -2.70. The summed E-state index contributed by atoms with van der Waals surface area (Å²) < 4.78 is 0. The van der Waals surface area contributed by atoms with Crippen molar-refractivity contribution in [3.8, 4) is 11.4 Å². The number of H-pyrrole nitrogens is 1. The van der Waals surface area contributed by atoms with E-state index in [1.807, 2.05) is 30.9 Å². The molecule has 0 unspecified atom stereocenters. The lowest BCUT2D eigenvalue weighted by Crippen LogP contribution is -2.48. The fourth-order valence-corrected chi connectivity index (χ4v) is 2.95. The highest BCUT2D eigenvalue weighted by Crippen LogP contribution is 2.19. The summed E-state index contributed by atoms with van der Waals surface area (Å²) in [4.78, 5) is 39.2. The summed E-state index contributed by atoms with van der Waals surface area (Å²) in [5, 5.41) is 0. The van der Waals surface area contributed by atoms with Gasteiger partial charge in [-0.15, -0.1) is 0 Å². The normalized spacial score (nSPS) is 14.6. The average molecular weight is 341 g/mol. The van der Waals surface area contributed by atoms with Gasteiger partial charge in [-0.2, -0.15) is 0 Å². The summed E-state index contributed by atoms with van der Waals surface area (Å²) in [6.07, 6.45) is 2.99. The average Bonchev–Trinajstić information content (AvgIpc) is 2.67. The van der Waals surface area contributed by atoms with Gasteiger partial charge in [-0.1, -0.05) is 13.8 Å². The zero-order valence-corrected chi connectivity index (χ0v) is 14.7. The molecule has 2 aromatic rings. The van der Waals surface area contributed by atoms with Gasteiger partial charge in [0, 0.05) is 56.1 Å². The molecule has 0 atom stereocenters. The Kier molecular flexibility index (Phi) is 5.11.